The Balaban J connectivity index is 3.15. The third kappa shape index (κ3) is 4.02. The molecule has 1 N–H and O–H groups in total. The number of hydrogen-bond donors (Lipinski definition) is 1. The Morgan fingerprint density at radius 2 is 1.74 bits per heavy atom. The molecule has 6 heteroatoms. The molecule has 0 aromatic heterocycles. The maximum Gasteiger partial charge on any atom is 0.243 e. The zero-order valence-corrected chi connectivity index (χ0v) is 13.6. The smallest absolute Gasteiger partial charge is 0.243 e. The number of benzene rings is 1. The lowest BCUT2D eigenvalue weighted by Crippen LogP contribution is -2.41. The molecule has 0 heterocycles. The van der Waals surface area contributed by atoms with Crippen molar-refractivity contribution >= 4 is 26.0 Å². The zero-order chi connectivity index (χ0) is 14.5. The Hall–Kier alpha value is -0.430. The fourth-order valence-electron chi connectivity index (χ4n) is 2.04. The topological polar surface area (TPSA) is 57.6 Å². The second kappa shape index (κ2) is 7.38. The lowest BCUT2D eigenvalue weighted by molar-refractivity contribution is 0.219. The van der Waals surface area contributed by atoms with Crippen molar-refractivity contribution in [2.75, 3.05) is 13.2 Å². The summed E-state index contributed by atoms with van der Waals surface area (Å²) in [5.41, 5.74) is 0. The van der Waals surface area contributed by atoms with E-state index in [1.54, 1.807) is 24.3 Å². The highest BCUT2D eigenvalue weighted by Gasteiger charge is 2.29. The Bertz CT molecular complexity index is 483. The number of aliphatic hydroxyl groups is 1. The molecule has 0 aliphatic heterocycles. The van der Waals surface area contributed by atoms with Gasteiger partial charge in [-0.2, -0.15) is 4.31 Å². The Labute approximate surface area is 123 Å². The fraction of sp³-hybridized carbons (Fsp3) is 0.538. The number of hydrogen-bond acceptors (Lipinski definition) is 3. The van der Waals surface area contributed by atoms with Gasteiger partial charge >= 0.3 is 0 Å². The normalized spacial score (nSPS) is 12.3. The van der Waals surface area contributed by atoms with Gasteiger partial charge in [-0.3, -0.25) is 0 Å². The van der Waals surface area contributed by atoms with Crippen LogP contribution in [-0.2, 0) is 10.0 Å². The Morgan fingerprint density at radius 3 is 2.16 bits per heavy atom. The van der Waals surface area contributed by atoms with Crippen molar-refractivity contribution in [3.8, 4) is 0 Å². The van der Waals surface area contributed by atoms with Crippen molar-refractivity contribution in [1.82, 2.24) is 4.31 Å². The van der Waals surface area contributed by atoms with Crippen LogP contribution in [0.2, 0.25) is 0 Å². The molecule has 1 aromatic rings. The first-order valence-electron chi connectivity index (χ1n) is 6.35. The molecule has 0 amide bonds. The minimum Gasteiger partial charge on any atom is -0.395 e. The Morgan fingerprint density at radius 1 is 1.21 bits per heavy atom. The molecule has 0 atom stereocenters. The quantitative estimate of drug-likeness (QED) is 0.822. The van der Waals surface area contributed by atoms with Gasteiger partial charge in [0.25, 0.3) is 0 Å². The molecule has 0 spiro atoms. The van der Waals surface area contributed by atoms with Gasteiger partial charge in [0.15, 0.2) is 0 Å². The van der Waals surface area contributed by atoms with Crippen molar-refractivity contribution < 1.29 is 13.5 Å². The predicted molar refractivity (Wildman–Crippen MR) is 79.5 cm³/mol. The summed E-state index contributed by atoms with van der Waals surface area (Å²) in [6, 6.07) is 6.48. The third-order valence-corrected chi connectivity index (χ3v) is 5.59. The van der Waals surface area contributed by atoms with Gasteiger partial charge in [0, 0.05) is 17.1 Å². The number of sulfonamides is 1. The number of nitrogens with zero attached hydrogens (tertiary/aromatic N) is 1. The van der Waals surface area contributed by atoms with E-state index in [2.05, 4.69) is 15.9 Å². The molecule has 1 rings (SSSR count). The molecule has 108 valence electrons. The third-order valence-electron chi connectivity index (χ3n) is 3.09. The molecule has 0 aliphatic rings. The summed E-state index contributed by atoms with van der Waals surface area (Å²) in [7, 11) is -3.55. The van der Waals surface area contributed by atoms with Crippen LogP contribution in [0.4, 0.5) is 0 Å². The van der Waals surface area contributed by atoms with Crippen LogP contribution in [-0.4, -0.2) is 37.0 Å². The summed E-state index contributed by atoms with van der Waals surface area (Å²) in [4.78, 5) is 0.260. The van der Waals surface area contributed by atoms with Gasteiger partial charge in [0.1, 0.15) is 0 Å². The van der Waals surface area contributed by atoms with Crippen LogP contribution in [0.15, 0.2) is 33.6 Å². The predicted octanol–water partition coefficient (Wildman–Crippen LogP) is 2.62. The lowest BCUT2D eigenvalue weighted by atomic mass is 10.2. The highest BCUT2D eigenvalue weighted by molar-refractivity contribution is 9.10. The van der Waals surface area contributed by atoms with Crippen LogP contribution in [0.1, 0.15) is 26.7 Å². The second-order valence-corrected chi connectivity index (χ2v) is 7.07. The van der Waals surface area contributed by atoms with Gasteiger partial charge in [-0.15, -0.1) is 0 Å². The van der Waals surface area contributed by atoms with Crippen LogP contribution in [0.3, 0.4) is 0 Å². The molecular formula is C13H20BrNO3S. The summed E-state index contributed by atoms with van der Waals surface area (Å²) < 4.78 is 27.4. The summed E-state index contributed by atoms with van der Waals surface area (Å²) >= 11 is 3.29. The van der Waals surface area contributed by atoms with Crippen LogP contribution in [0, 0.1) is 0 Å². The van der Waals surface area contributed by atoms with E-state index >= 15 is 0 Å². The standard InChI is InChI=1S/C13H20BrNO3S/c1-3-12(4-2)15(9-10-16)19(17,18)13-7-5-11(14)6-8-13/h5-8,12,16H,3-4,9-10H2,1-2H3. The molecule has 1 aromatic carbocycles. The van der Waals surface area contributed by atoms with Gasteiger partial charge in [-0.05, 0) is 37.1 Å². The SMILES string of the molecule is CCC(CC)N(CCO)S(=O)(=O)c1ccc(Br)cc1. The van der Waals surface area contributed by atoms with Gasteiger partial charge in [-0.1, -0.05) is 29.8 Å². The average Bonchev–Trinajstić information content (AvgIpc) is 2.39. The maximum atomic E-state index is 12.6. The summed E-state index contributed by atoms with van der Waals surface area (Å²) in [6.45, 7) is 3.86. The van der Waals surface area contributed by atoms with E-state index in [9.17, 15) is 8.42 Å². The van der Waals surface area contributed by atoms with E-state index in [1.165, 1.54) is 4.31 Å². The van der Waals surface area contributed by atoms with Crippen molar-refractivity contribution in [3.05, 3.63) is 28.7 Å². The first kappa shape index (κ1) is 16.6. The van der Waals surface area contributed by atoms with E-state index < -0.39 is 10.0 Å². The van der Waals surface area contributed by atoms with E-state index in [0.29, 0.717) is 0 Å². The first-order chi connectivity index (χ1) is 8.97. The average molecular weight is 350 g/mol. The molecule has 19 heavy (non-hydrogen) atoms. The first-order valence-corrected chi connectivity index (χ1v) is 8.58. The van der Waals surface area contributed by atoms with E-state index in [0.717, 1.165) is 17.3 Å². The largest absolute Gasteiger partial charge is 0.395 e. The van der Waals surface area contributed by atoms with E-state index in [4.69, 9.17) is 5.11 Å². The summed E-state index contributed by atoms with van der Waals surface area (Å²) in [5.74, 6) is 0. The number of aliphatic hydroxyl groups excluding tert-OH is 1. The van der Waals surface area contributed by atoms with Crippen LogP contribution in [0.25, 0.3) is 0 Å². The monoisotopic (exact) mass is 349 g/mol. The Kier molecular flexibility index (Phi) is 6.46. The number of rotatable bonds is 7. The highest BCUT2D eigenvalue weighted by atomic mass is 79.9. The van der Waals surface area contributed by atoms with Crippen molar-refractivity contribution in [3.63, 3.8) is 0 Å². The molecule has 0 aliphatic carbocycles. The molecule has 4 nitrogen and oxygen atoms in total. The van der Waals surface area contributed by atoms with Gasteiger partial charge in [0.05, 0.1) is 11.5 Å². The molecule has 0 saturated heterocycles. The fourth-order valence-corrected chi connectivity index (χ4v) is 4.06. The van der Waals surface area contributed by atoms with Gasteiger partial charge in [0.2, 0.25) is 10.0 Å². The molecule has 0 fully saturated rings. The van der Waals surface area contributed by atoms with Crippen molar-refractivity contribution in [1.29, 1.82) is 0 Å². The number of halogens is 1. The van der Waals surface area contributed by atoms with Gasteiger partial charge in [-0.25, -0.2) is 8.42 Å². The molecule has 0 bridgehead atoms. The van der Waals surface area contributed by atoms with E-state index in [-0.39, 0.29) is 24.1 Å². The van der Waals surface area contributed by atoms with Gasteiger partial charge < -0.3 is 5.11 Å². The second-order valence-electron chi connectivity index (χ2n) is 4.26. The zero-order valence-electron chi connectivity index (χ0n) is 11.2. The lowest BCUT2D eigenvalue weighted by Gasteiger charge is -2.29. The minimum absolute atomic E-state index is 0.0826. The summed E-state index contributed by atoms with van der Waals surface area (Å²) in [5, 5.41) is 9.12. The van der Waals surface area contributed by atoms with Crippen LogP contribution in [0.5, 0.6) is 0 Å². The summed E-state index contributed by atoms with van der Waals surface area (Å²) in [6.07, 6.45) is 1.46. The molecular weight excluding hydrogens is 330 g/mol. The van der Waals surface area contributed by atoms with Crippen molar-refractivity contribution in [2.24, 2.45) is 0 Å². The van der Waals surface area contributed by atoms with Crippen molar-refractivity contribution in [2.45, 2.75) is 37.6 Å². The maximum absolute atomic E-state index is 12.6. The molecule has 0 saturated carbocycles. The molecule has 0 unspecified atom stereocenters. The highest BCUT2D eigenvalue weighted by Crippen LogP contribution is 2.22. The van der Waals surface area contributed by atoms with Crippen LogP contribution < -0.4 is 0 Å². The van der Waals surface area contributed by atoms with Crippen LogP contribution >= 0.6 is 15.9 Å². The minimum atomic E-state index is -3.55. The molecule has 0 radical (unpaired) electrons. The van der Waals surface area contributed by atoms with E-state index in [1.807, 2.05) is 13.8 Å².